The summed E-state index contributed by atoms with van der Waals surface area (Å²) in [6.07, 6.45) is 0. The zero-order valence-corrected chi connectivity index (χ0v) is 17.1. The van der Waals surface area contributed by atoms with Crippen LogP contribution in [0.25, 0.3) is 28.4 Å². The molecule has 5 aromatic rings. The van der Waals surface area contributed by atoms with E-state index in [0.717, 1.165) is 11.3 Å². The summed E-state index contributed by atoms with van der Waals surface area (Å²) in [4.78, 5) is 4.48. The summed E-state index contributed by atoms with van der Waals surface area (Å²) in [5.74, 6) is 1.70. The van der Waals surface area contributed by atoms with Gasteiger partial charge < -0.3 is 9.73 Å². The van der Waals surface area contributed by atoms with Gasteiger partial charge in [0.05, 0.1) is 17.8 Å². The molecule has 0 bridgehead atoms. The molecule has 0 radical (unpaired) electrons. The minimum Gasteiger partial charge on any atom is -0.438 e. The fourth-order valence-electron chi connectivity index (χ4n) is 3.26. The van der Waals surface area contributed by atoms with Crippen LogP contribution in [0.5, 0.6) is 0 Å². The summed E-state index contributed by atoms with van der Waals surface area (Å²) in [7, 11) is 0. The van der Waals surface area contributed by atoms with Gasteiger partial charge >= 0.3 is 0 Å². The lowest BCUT2D eigenvalue weighted by Gasteiger charge is -2.05. The van der Waals surface area contributed by atoms with Crippen LogP contribution in [0, 0.1) is 12.7 Å². The molecule has 0 atom stereocenters. The van der Waals surface area contributed by atoms with Gasteiger partial charge in [-0.2, -0.15) is 4.52 Å². The molecule has 1 N–H and O–H groups in total. The molecule has 5 rings (SSSR count). The van der Waals surface area contributed by atoms with Crippen molar-refractivity contribution in [3.63, 3.8) is 0 Å². The van der Waals surface area contributed by atoms with Gasteiger partial charge in [0.2, 0.25) is 5.89 Å². The number of hydrogen-bond acceptors (Lipinski definition) is 6. The van der Waals surface area contributed by atoms with E-state index in [9.17, 15) is 4.39 Å². The number of halogens is 2. The molecular weight excluding hydrogens is 419 g/mol. The molecule has 0 spiro atoms. The van der Waals surface area contributed by atoms with E-state index in [1.807, 2.05) is 31.2 Å². The van der Waals surface area contributed by atoms with E-state index in [1.54, 1.807) is 30.3 Å². The number of nitrogens with one attached hydrogen (secondary N) is 1. The van der Waals surface area contributed by atoms with Gasteiger partial charge in [0, 0.05) is 10.6 Å². The van der Waals surface area contributed by atoms with Gasteiger partial charge in [-0.1, -0.05) is 23.7 Å². The Labute approximate surface area is 181 Å². The van der Waals surface area contributed by atoms with E-state index in [-0.39, 0.29) is 5.82 Å². The van der Waals surface area contributed by atoms with E-state index in [0.29, 0.717) is 46.1 Å². The van der Waals surface area contributed by atoms with Crippen molar-refractivity contribution >= 4 is 23.1 Å². The number of anilines is 1. The average Bonchev–Trinajstić information content (AvgIpc) is 3.36. The average molecular weight is 435 g/mol. The van der Waals surface area contributed by atoms with E-state index < -0.39 is 0 Å². The zero-order chi connectivity index (χ0) is 21.4. The fraction of sp³-hybridized carbons (Fsp3) is 0.0909. The maximum atomic E-state index is 14.2. The standard InChI is InChI=1S/C22H16ClFN6O/c1-13-21(14-6-8-15(23)9-7-14)31-20(26-13)12-25-18-10-11-19-27-28-22(30(19)29-18)16-4-2-3-5-17(16)24/h2-11H,12H2,1H3,(H,25,29). The molecule has 154 valence electrons. The van der Waals surface area contributed by atoms with Gasteiger partial charge in [0.25, 0.3) is 0 Å². The van der Waals surface area contributed by atoms with Crippen molar-refractivity contribution in [3.05, 3.63) is 83.1 Å². The molecule has 0 aliphatic heterocycles. The monoisotopic (exact) mass is 434 g/mol. The Morgan fingerprint density at radius 1 is 1.03 bits per heavy atom. The first kappa shape index (κ1) is 19.2. The number of fused-ring (bicyclic) bond motifs is 1. The lowest BCUT2D eigenvalue weighted by atomic mass is 10.1. The van der Waals surface area contributed by atoms with E-state index in [2.05, 4.69) is 25.6 Å². The SMILES string of the molecule is Cc1nc(CNc2ccc3nnc(-c4ccccc4F)n3n2)oc1-c1ccc(Cl)cc1. The molecule has 0 aliphatic rings. The molecular formula is C22H16ClFN6O. The van der Waals surface area contributed by atoms with Crippen molar-refractivity contribution in [2.75, 3.05) is 5.32 Å². The van der Waals surface area contributed by atoms with Crippen molar-refractivity contribution < 1.29 is 8.81 Å². The van der Waals surface area contributed by atoms with Crippen LogP contribution in [0.1, 0.15) is 11.6 Å². The van der Waals surface area contributed by atoms with Crippen molar-refractivity contribution in [3.8, 4) is 22.7 Å². The highest BCUT2D eigenvalue weighted by Gasteiger charge is 2.15. The molecule has 3 aromatic heterocycles. The second-order valence-electron chi connectivity index (χ2n) is 6.87. The van der Waals surface area contributed by atoms with E-state index in [1.165, 1.54) is 10.6 Å². The molecule has 9 heteroatoms. The van der Waals surface area contributed by atoms with Crippen molar-refractivity contribution in [1.82, 2.24) is 24.8 Å². The summed E-state index contributed by atoms with van der Waals surface area (Å²) in [6.45, 7) is 2.21. The van der Waals surface area contributed by atoms with E-state index in [4.69, 9.17) is 16.0 Å². The molecule has 7 nitrogen and oxygen atoms in total. The van der Waals surface area contributed by atoms with Gasteiger partial charge in [0.15, 0.2) is 17.2 Å². The summed E-state index contributed by atoms with van der Waals surface area (Å²) in [5, 5.41) is 16.5. The number of aryl methyl sites for hydroxylation is 1. The number of rotatable bonds is 5. The number of hydrogen-bond donors (Lipinski definition) is 1. The van der Waals surface area contributed by atoms with Gasteiger partial charge in [0.1, 0.15) is 11.6 Å². The highest BCUT2D eigenvalue weighted by Crippen LogP contribution is 2.26. The highest BCUT2D eigenvalue weighted by molar-refractivity contribution is 6.30. The first-order valence-electron chi connectivity index (χ1n) is 9.52. The van der Waals surface area contributed by atoms with Crippen molar-refractivity contribution in [1.29, 1.82) is 0 Å². The summed E-state index contributed by atoms with van der Waals surface area (Å²) >= 11 is 5.96. The third-order valence-electron chi connectivity index (χ3n) is 4.75. The van der Waals surface area contributed by atoms with Crippen LogP contribution in [-0.4, -0.2) is 24.8 Å². The molecule has 3 heterocycles. The Kier molecular flexibility index (Phi) is 4.83. The molecule has 0 amide bonds. The fourth-order valence-corrected chi connectivity index (χ4v) is 3.38. The number of oxazole rings is 1. The largest absolute Gasteiger partial charge is 0.438 e. The second kappa shape index (κ2) is 7.81. The maximum absolute atomic E-state index is 14.2. The molecule has 31 heavy (non-hydrogen) atoms. The predicted octanol–water partition coefficient (Wildman–Crippen LogP) is 5.16. The van der Waals surface area contributed by atoms with Crippen LogP contribution in [-0.2, 0) is 6.54 Å². The van der Waals surface area contributed by atoms with Crippen LogP contribution < -0.4 is 5.32 Å². The third kappa shape index (κ3) is 3.73. The predicted molar refractivity (Wildman–Crippen MR) is 115 cm³/mol. The highest BCUT2D eigenvalue weighted by atomic mass is 35.5. The lowest BCUT2D eigenvalue weighted by Crippen LogP contribution is -2.05. The Morgan fingerprint density at radius 3 is 2.65 bits per heavy atom. The zero-order valence-electron chi connectivity index (χ0n) is 16.4. The maximum Gasteiger partial charge on any atom is 0.214 e. The lowest BCUT2D eigenvalue weighted by molar-refractivity contribution is 0.515. The smallest absolute Gasteiger partial charge is 0.214 e. The van der Waals surface area contributed by atoms with Gasteiger partial charge in [-0.3, -0.25) is 0 Å². The minimum atomic E-state index is -0.387. The second-order valence-corrected chi connectivity index (χ2v) is 7.31. The van der Waals surface area contributed by atoms with Gasteiger partial charge in [-0.05, 0) is 55.5 Å². The summed E-state index contributed by atoms with van der Waals surface area (Å²) in [6, 6.07) is 17.3. The van der Waals surface area contributed by atoms with E-state index >= 15 is 0 Å². The normalized spacial score (nSPS) is 11.2. The van der Waals surface area contributed by atoms with Crippen molar-refractivity contribution in [2.24, 2.45) is 0 Å². The molecule has 0 saturated heterocycles. The van der Waals surface area contributed by atoms with Crippen LogP contribution >= 0.6 is 11.6 Å². The summed E-state index contributed by atoms with van der Waals surface area (Å²) < 4.78 is 21.6. The first-order valence-corrected chi connectivity index (χ1v) is 9.90. The number of nitrogens with zero attached hydrogens (tertiary/aromatic N) is 5. The summed E-state index contributed by atoms with van der Waals surface area (Å²) in [5.41, 5.74) is 2.53. The Hall–Kier alpha value is -3.78. The van der Waals surface area contributed by atoms with Gasteiger partial charge in [-0.25, -0.2) is 9.37 Å². The number of benzene rings is 2. The first-order chi connectivity index (χ1) is 15.1. The molecule has 2 aromatic carbocycles. The van der Waals surface area contributed by atoms with Crippen LogP contribution in [0.2, 0.25) is 5.02 Å². The topological polar surface area (TPSA) is 81.1 Å². The molecule has 0 saturated carbocycles. The minimum absolute atomic E-state index is 0.324. The van der Waals surface area contributed by atoms with Crippen LogP contribution in [0.15, 0.2) is 65.1 Å². The van der Waals surface area contributed by atoms with Crippen molar-refractivity contribution in [2.45, 2.75) is 13.5 Å². The Balaban J connectivity index is 1.39. The molecule has 0 fully saturated rings. The number of aromatic nitrogens is 5. The Bertz CT molecular complexity index is 1380. The Morgan fingerprint density at radius 2 is 1.84 bits per heavy atom. The third-order valence-corrected chi connectivity index (χ3v) is 5.00. The molecule has 0 unspecified atom stereocenters. The van der Waals surface area contributed by atoms with Gasteiger partial charge in [-0.15, -0.1) is 15.3 Å². The van der Waals surface area contributed by atoms with Crippen LogP contribution in [0.3, 0.4) is 0 Å². The molecule has 0 aliphatic carbocycles. The van der Waals surface area contributed by atoms with Crippen LogP contribution in [0.4, 0.5) is 10.2 Å². The quantitative estimate of drug-likeness (QED) is 0.411.